The van der Waals surface area contributed by atoms with Gasteiger partial charge < -0.3 is 19.8 Å². The van der Waals surface area contributed by atoms with Crippen LogP contribution in [-0.2, 0) is 13.0 Å². The van der Waals surface area contributed by atoms with Crippen molar-refractivity contribution in [3.63, 3.8) is 0 Å². The number of aromatic nitrogens is 1. The lowest BCUT2D eigenvalue weighted by Gasteiger charge is -2.08. The highest BCUT2D eigenvalue weighted by Gasteiger charge is 2.07. The van der Waals surface area contributed by atoms with Crippen LogP contribution < -0.4 is 15.4 Å². The highest BCUT2D eigenvalue weighted by atomic mass is 16.5. The number of amides is 1. The molecule has 0 aliphatic rings. The Balaban J connectivity index is 1.45. The summed E-state index contributed by atoms with van der Waals surface area (Å²) < 4.78 is 10.3. The predicted octanol–water partition coefficient (Wildman–Crippen LogP) is 3.27. The van der Waals surface area contributed by atoms with E-state index in [4.69, 9.17) is 9.15 Å². The Labute approximate surface area is 152 Å². The Morgan fingerprint density at radius 3 is 2.65 bits per heavy atom. The third-order valence-corrected chi connectivity index (χ3v) is 3.90. The lowest BCUT2D eigenvalue weighted by molar-refractivity contribution is 0.0943. The number of rotatable bonds is 8. The zero-order chi connectivity index (χ0) is 18.2. The first-order valence-corrected chi connectivity index (χ1v) is 8.38. The topological polar surface area (TPSA) is 76.4 Å². The molecule has 2 aromatic heterocycles. The van der Waals surface area contributed by atoms with Crippen molar-refractivity contribution in [2.24, 2.45) is 0 Å². The zero-order valence-corrected chi connectivity index (χ0v) is 14.6. The fourth-order valence-corrected chi connectivity index (χ4v) is 2.45. The van der Waals surface area contributed by atoms with Crippen molar-refractivity contribution < 1.29 is 13.9 Å². The molecule has 2 N–H and O–H groups in total. The minimum absolute atomic E-state index is 0.230. The number of pyridine rings is 1. The van der Waals surface area contributed by atoms with Crippen LogP contribution in [0.2, 0.25) is 0 Å². The summed E-state index contributed by atoms with van der Waals surface area (Å²) >= 11 is 0. The minimum atomic E-state index is -0.230. The number of anilines is 1. The average Bonchev–Trinajstić information content (AvgIpc) is 3.21. The van der Waals surface area contributed by atoms with Crippen LogP contribution in [0.15, 0.2) is 65.4 Å². The van der Waals surface area contributed by atoms with E-state index in [0.717, 1.165) is 24.4 Å². The molecule has 0 fully saturated rings. The molecule has 134 valence electrons. The summed E-state index contributed by atoms with van der Waals surface area (Å²) in [5.41, 5.74) is 2.47. The van der Waals surface area contributed by atoms with Gasteiger partial charge in [-0.2, -0.15) is 0 Å². The van der Waals surface area contributed by atoms with Crippen LogP contribution in [-0.4, -0.2) is 24.5 Å². The molecule has 0 aliphatic heterocycles. The van der Waals surface area contributed by atoms with E-state index in [1.807, 2.05) is 36.4 Å². The molecule has 2 heterocycles. The van der Waals surface area contributed by atoms with Crippen LogP contribution in [0.25, 0.3) is 0 Å². The second-order valence-corrected chi connectivity index (χ2v) is 5.72. The maximum absolute atomic E-state index is 12.1. The number of nitrogens with one attached hydrogen (secondary N) is 2. The van der Waals surface area contributed by atoms with Gasteiger partial charge in [0.15, 0.2) is 0 Å². The van der Waals surface area contributed by atoms with E-state index in [0.29, 0.717) is 18.0 Å². The summed E-state index contributed by atoms with van der Waals surface area (Å²) in [5.74, 6) is 1.33. The van der Waals surface area contributed by atoms with Crippen LogP contribution in [0.3, 0.4) is 0 Å². The van der Waals surface area contributed by atoms with Crippen molar-refractivity contribution in [1.29, 1.82) is 0 Å². The number of benzene rings is 1. The summed E-state index contributed by atoms with van der Waals surface area (Å²) in [7, 11) is 1.66. The Morgan fingerprint density at radius 1 is 1.15 bits per heavy atom. The standard InChI is InChI=1S/C20H21N3O3/c1-25-17-7-4-15(5-8-17)10-11-21-16-6-9-19(22-13-16)20(24)23-14-18-3-2-12-26-18/h2-9,12-13,21H,10-11,14H2,1H3,(H,23,24). The van der Waals surface area contributed by atoms with E-state index in [1.54, 1.807) is 31.7 Å². The third kappa shape index (κ3) is 4.86. The Bertz CT molecular complexity index is 813. The van der Waals surface area contributed by atoms with Crippen LogP contribution in [0, 0.1) is 0 Å². The fourth-order valence-electron chi connectivity index (χ4n) is 2.45. The van der Waals surface area contributed by atoms with Crippen LogP contribution in [0.5, 0.6) is 5.75 Å². The van der Waals surface area contributed by atoms with Crippen LogP contribution >= 0.6 is 0 Å². The van der Waals surface area contributed by atoms with Crippen molar-refractivity contribution in [2.45, 2.75) is 13.0 Å². The first kappa shape index (κ1) is 17.5. The van der Waals surface area contributed by atoms with Gasteiger partial charge in [0.05, 0.1) is 31.8 Å². The van der Waals surface area contributed by atoms with Gasteiger partial charge in [-0.3, -0.25) is 4.79 Å². The van der Waals surface area contributed by atoms with Crippen molar-refractivity contribution in [1.82, 2.24) is 10.3 Å². The molecule has 0 saturated heterocycles. The van der Waals surface area contributed by atoms with Gasteiger partial charge in [-0.25, -0.2) is 4.98 Å². The monoisotopic (exact) mass is 351 g/mol. The molecule has 0 atom stereocenters. The molecule has 0 saturated carbocycles. The largest absolute Gasteiger partial charge is 0.497 e. The van der Waals surface area contributed by atoms with Gasteiger partial charge in [0.2, 0.25) is 0 Å². The van der Waals surface area contributed by atoms with E-state index in [-0.39, 0.29) is 5.91 Å². The summed E-state index contributed by atoms with van der Waals surface area (Å²) in [4.78, 5) is 16.3. The number of carbonyl (C=O) groups excluding carboxylic acids is 1. The van der Waals surface area contributed by atoms with Gasteiger partial charge in [0.1, 0.15) is 17.2 Å². The molecule has 0 spiro atoms. The maximum Gasteiger partial charge on any atom is 0.270 e. The molecule has 1 aromatic carbocycles. The molecule has 0 bridgehead atoms. The molecule has 0 unspecified atom stereocenters. The summed E-state index contributed by atoms with van der Waals surface area (Å²) in [6.45, 7) is 1.12. The van der Waals surface area contributed by atoms with Gasteiger partial charge in [0.25, 0.3) is 5.91 Å². The fraction of sp³-hybridized carbons (Fsp3) is 0.200. The van der Waals surface area contributed by atoms with E-state index in [1.165, 1.54) is 5.56 Å². The SMILES string of the molecule is COc1ccc(CCNc2ccc(C(=O)NCc3ccco3)nc2)cc1. The van der Waals surface area contributed by atoms with Crippen molar-refractivity contribution in [3.05, 3.63) is 78.0 Å². The number of furan rings is 1. The van der Waals surface area contributed by atoms with Gasteiger partial charge in [0, 0.05) is 6.54 Å². The number of carbonyl (C=O) groups is 1. The second-order valence-electron chi connectivity index (χ2n) is 5.72. The van der Waals surface area contributed by atoms with Gasteiger partial charge >= 0.3 is 0 Å². The van der Waals surface area contributed by atoms with E-state index in [2.05, 4.69) is 15.6 Å². The van der Waals surface area contributed by atoms with Crippen LogP contribution in [0.1, 0.15) is 21.8 Å². The number of hydrogen-bond donors (Lipinski definition) is 2. The number of hydrogen-bond acceptors (Lipinski definition) is 5. The smallest absolute Gasteiger partial charge is 0.270 e. The van der Waals surface area contributed by atoms with E-state index >= 15 is 0 Å². The Morgan fingerprint density at radius 2 is 2.00 bits per heavy atom. The molecule has 3 aromatic rings. The van der Waals surface area contributed by atoms with Crippen molar-refractivity contribution in [2.75, 3.05) is 19.0 Å². The van der Waals surface area contributed by atoms with E-state index < -0.39 is 0 Å². The molecule has 1 amide bonds. The maximum atomic E-state index is 12.1. The average molecular weight is 351 g/mol. The normalized spacial score (nSPS) is 10.3. The highest BCUT2D eigenvalue weighted by molar-refractivity contribution is 5.92. The van der Waals surface area contributed by atoms with Crippen LogP contribution in [0.4, 0.5) is 5.69 Å². The Kier molecular flexibility index (Phi) is 5.88. The highest BCUT2D eigenvalue weighted by Crippen LogP contribution is 2.12. The number of ether oxygens (including phenoxy) is 1. The first-order chi connectivity index (χ1) is 12.7. The molecular weight excluding hydrogens is 330 g/mol. The zero-order valence-electron chi connectivity index (χ0n) is 14.6. The lowest BCUT2D eigenvalue weighted by Crippen LogP contribution is -2.23. The Hall–Kier alpha value is -3.28. The molecule has 26 heavy (non-hydrogen) atoms. The molecule has 6 nitrogen and oxygen atoms in total. The summed E-state index contributed by atoms with van der Waals surface area (Å²) in [6.07, 6.45) is 4.12. The predicted molar refractivity (Wildman–Crippen MR) is 99.3 cm³/mol. The lowest BCUT2D eigenvalue weighted by atomic mass is 10.1. The third-order valence-electron chi connectivity index (χ3n) is 3.90. The second kappa shape index (κ2) is 8.71. The quantitative estimate of drug-likeness (QED) is 0.651. The number of methoxy groups -OCH3 is 1. The van der Waals surface area contributed by atoms with Gasteiger partial charge in [-0.05, 0) is 48.4 Å². The van der Waals surface area contributed by atoms with E-state index in [9.17, 15) is 4.79 Å². The van der Waals surface area contributed by atoms with Crippen molar-refractivity contribution in [3.8, 4) is 5.75 Å². The molecular formula is C20H21N3O3. The summed E-state index contributed by atoms with van der Waals surface area (Å²) in [6, 6.07) is 15.1. The molecule has 0 aliphatic carbocycles. The van der Waals surface area contributed by atoms with Gasteiger partial charge in [-0.15, -0.1) is 0 Å². The molecule has 6 heteroatoms. The first-order valence-electron chi connectivity index (χ1n) is 8.38. The molecule has 0 radical (unpaired) electrons. The van der Waals surface area contributed by atoms with Crippen molar-refractivity contribution >= 4 is 11.6 Å². The summed E-state index contributed by atoms with van der Waals surface area (Å²) in [5, 5.41) is 6.07. The minimum Gasteiger partial charge on any atom is -0.497 e. The van der Waals surface area contributed by atoms with Gasteiger partial charge in [-0.1, -0.05) is 12.1 Å². The molecule has 3 rings (SSSR count). The number of nitrogens with zero attached hydrogens (tertiary/aromatic N) is 1.